The van der Waals surface area contributed by atoms with Gasteiger partial charge < -0.3 is 10.5 Å². The Balaban J connectivity index is 1.84. The third kappa shape index (κ3) is 3.91. The minimum absolute atomic E-state index is 0.208. The molecule has 0 bridgehead atoms. The van der Waals surface area contributed by atoms with E-state index in [0.29, 0.717) is 18.1 Å². The zero-order valence-corrected chi connectivity index (χ0v) is 10.7. The summed E-state index contributed by atoms with van der Waals surface area (Å²) in [6.45, 7) is 1.38. The standard InChI is InChI=1S/C13H19NO2S/c14-8-11-3-5-12(6-4-11)9-17(15)10-13-2-1-7-16-13/h3-6,13H,1-2,7-10,14H2. The second-order valence-electron chi connectivity index (χ2n) is 4.41. The molecule has 1 heterocycles. The maximum absolute atomic E-state index is 11.9. The molecule has 0 spiro atoms. The van der Waals surface area contributed by atoms with Crippen molar-refractivity contribution in [3.8, 4) is 0 Å². The molecule has 1 aliphatic heterocycles. The molecule has 0 saturated carbocycles. The third-order valence-electron chi connectivity index (χ3n) is 2.98. The van der Waals surface area contributed by atoms with Crippen molar-refractivity contribution in [3.63, 3.8) is 0 Å². The molecule has 2 rings (SSSR count). The van der Waals surface area contributed by atoms with Crippen LogP contribution in [0.4, 0.5) is 0 Å². The van der Waals surface area contributed by atoms with Gasteiger partial charge in [-0.1, -0.05) is 24.3 Å². The van der Waals surface area contributed by atoms with Crippen LogP contribution in [0.25, 0.3) is 0 Å². The lowest BCUT2D eigenvalue weighted by atomic mass is 10.1. The van der Waals surface area contributed by atoms with Crippen LogP contribution in [0.15, 0.2) is 24.3 Å². The lowest BCUT2D eigenvalue weighted by Gasteiger charge is -2.09. The van der Waals surface area contributed by atoms with Crippen LogP contribution in [0.1, 0.15) is 24.0 Å². The lowest BCUT2D eigenvalue weighted by molar-refractivity contribution is 0.128. The number of hydrogen-bond donors (Lipinski definition) is 1. The SMILES string of the molecule is NCc1ccc(CS(=O)CC2CCCO2)cc1. The quantitative estimate of drug-likeness (QED) is 0.866. The molecule has 94 valence electrons. The average molecular weight is 253 g/mol. The first-order valence-corrected chi connectivity index (χ1v) is 7.51. The van der Waals surface area contributed by atoms with Crippen LogP contribution >= 0.6 is 0 Å². The van der Waals surface area contributed by atoms with Crippen LogP contribution in [0.2, 0.25) is 0 Å². The second-order valence-corrected chi connectivity index (χ2v) is 5.91. The number of rotatable bonds is 5. The molecule has 3 nitrogen and oxygen atoms in total. The van der Waals surface area contributed by atoms with Crippen molar-refractivity contribution in [2.75, 3.05) is 12.4 Å². The fourth-order valence-corrected chi connectivity index (χ4v) is 3.36. The highest BCUT2D eigenvalue weighted by Crippen LogP contribution is 2.14. The molecule has 0 amide bonds. The number of benzene rings is 1. The van der Waals surface area contributed by atoms with Gasteiger partial charge in [0.15, 0.2) is 0 Å². The molecule has 1 aromatic rings. The molecule has 0 aliphatic carbocycles. The first-order chi connectivity index (χ1) is 8.28. The topological polar surface area (TPSA) is 52.3 Å². The summed E-state index contributed by atoms with van der Waals surface area (Å²) in [5, 5.41) is 0. The predicted molar refractivity (Wildman–Crippen MR) is 70.0 cm³/mol. The van der Waals surface area contributed by atoms with Gasteiger partial charge in [-0.2, -0.15) is 0 Å². The molecule has 2 N–H and O–H groups in total. The van der Waals surface area contributed by atoms with Gasteiger partial charge in [0.2, 0.25) is 0 Å². The molecule has 1 fully saturated rings. The number of nitrogens with two attached hydrogens (primary N) is 1. The van der Waals surface area contributed by atoms with E-state index in [1.54, 1.807) is 0 Å². The van der Waals surface area contributed by atoms with Gasteiger partial charge >= 0.3 is 0 Å². The van der Waals surface area contributed by atoms with Crippen molar-refractivity contribution < 1.29 is 8.95 Å². The first kappa shape index (κ1) is 12.7. The van der Waals surface area contributed by atoms with Crippen molar-refractivity contribution in [3.05, 3.63) is 35.4 Å². The summed E-state index contributed by atoms with van der Waals surface area (Å²) in [4.78, 5) is 0. The summed E-state index contributed by atoms with van der Waals surface area (Å²) in [7, 11) is -0.826. The van der Waals surface area contributed by atoms with Crippen molar-refractivity contribution in [1.82, 2.24) is 0 Å². The van der Waals surface area contributed by atoms with Crippen LogP contribution in [0.3, 0.4) is 0 Å². The number of ether oxygens (including phenoxy) is 1. The number of hydrogen-bond acceptors (Lipinski definition) is 3. The summed E-state index contributed by atoms with van der Waals surface area (Å²) in [5.74, 6) is 1.28. The molecule has 2 atom stereocenters. The Labute approximate surface area is 105 Å². The van der Waals surface area contributed by atoms with E-state index in [4.69, 9.17) is 10.5 Å². The molecule has 0 radical (unpaired) electrons. The molecule has 17 heavy (non-hydrogen) atoms. The first-order valence-electron chi connectivity index (χ1n) is 6.02. The Hall–Kier alpha value is -0.710. The van der Waals surface area contributed by atoms with Gasteiger partial charge in [-0.25, -0.2) is 0 Å². The van der Waals surface area contributed by atoms with Gasteiger partial charge in [-0.05, 0) is 24.0 Å². The van der Waals surface area contributed by atoms with Crippen LogP contribution in [0.5, 0.6) is 0 Å². The van der Waals surface area contributed by atoms with Crippen LogP contribution in [-0.2, 0) is 27.8 Å². The minimum atomic E-state index is -0.826. The zero-order chi connectivity index (χ0) is 12.1. The van der Waals surface area contributed by atoms with Crippen LogP contribution in [0, 0.1) is 0 Å². The lowest BCUT2D eigenvalue weighted by Crippen LogP contribution is -2.16. The van der Waals surface area contributed by atoms with Crippen LogP contribution < -0.4 is 5.73 Å². The molecule has 2 unspecified atom stereocenters. The van der Waals surface area contributed by atoms with Gasteiger partial charge in [-0.3, -0.25) is 4.21 Å². The van der Waals surface area contributed by atoms with Gasteiger partial charge in [0, 0.05) is 29.7 Å². The highest BCUT2D eigenvalue weighted by Gasteiger charge is 2.18. The minimum Gasteiger partial charge on any atom is -0.377 e. The molecule has 0 aromatic heterocycles. The molecule has 1 saturated heterocycles. The summed E-state index contributed by atoms with van der Waals surface area (Å²) in [6, 6.07) is 8.02. The molecule has 4 heteroatoms. The molecule has 1 aliphatic rings. The largest absolute Gasteiger partial charge is 0.377 e. The highest BCUT2D eigenvalue weighted by atomic mass is 32.2. The summed E-state index contributed by atoms with van der Waals surface area (Å²) >= 11 is 0. The van der Waals surface area contributed by atoms with Crippen molar-refractivity contribution in [2.24, 2.45) is 5.73 Å². The van der Waals surface area contributed by atoms with Crippen molar-refractivity contribution in [2.45, 2.75) is 31.2 Å². The normalized spacial score (nSPS) is 21.6. The molecular weight excluding hydrogens is 234 g/mol. The van der Waals surface area contributed by atoms with E-state index in [2.05, 4.69) is 0 Å². The van der Waals surface area contributed by atoms with Crippen LogP contribution in [-0.4, -0.2) is 22.7 Å². The Morgan fingerprint density at radius 3 is 2.59 bits per heavy atom. The maximum atomic E-state index is 11.9. The fourth-order valence-electron chi connectivity index (χ4n) is 2.00. The van der Waals surface area contributed by atoms with E-state index >= 15 is 0 Å². The van der Waals surface area contributed by atoms with Gasteiger partial charge in [0.05, 0.1) is 11.9 Å². The fraction of sp³-hybridized carbons (Fsp3) is 0.538. The zero-order valence-electron chi connectivity index (χ0n) is 9.93. The maximum Gasteiger partial charge on any atom is 0.0691 e. The Morgan fingerprint density at radius 2 is 2.00 bits per heavy atom. The van der Waals surface area contributed by atoms with E-state index in [-0.39, 0.29) is 6.10 Å². The monoisotopic (exact) mass is 253 g/mol. The second kappa shape index (κ2) is 6.28. The summed E-state index contributed by atoms with van der Waals surface area (Å²) in [5.41, 5.74) is 7.75. The van der Waals surface area contributed by atoms with E-state index in [1.165, 1.54) is 0 Å². The molecular formula is C13H19NO2S. The van der Waals surface area contributed by atoms with Gasteiger partial charge in [0.1, 0.15) is 0 Å². The third-order valence-corrected chi connectivity index (χ3v) is 4.38. The van der Waals surface area contributed by atoms with E-state index < -0.39 is 10.8 Å². The summed E-state index contributed by atoms with van der Waals surface area (Å²) in [6.07, 6.45) is 2.37. The smallest absolute Gasteiger partial charge is 0.0691 e. The van der Waals surface area contributed by atoms with E-state index in [0.717, 1.165) is 30.6 Å². The Morgan fingerprint density at radius 1 is 1.29 bits per heavy atom. The highest BCUT2D eigenvalue weighted by molar-refractivity contribution is 7.84. The Kier molecular flexibility index (Phi) is 4.71. The summed E-state index contributed by atoms with van der Waals surface area (Å²) < 4.78 is 17.4. The van der Waals surface area contributed by atoms with Gasteiger partial charge in [0.25, 0.3) is 0 Å². The predicted octanol–water partition coefficient (Wildman–Crippen LogP) is 1.57. The van der Waals surface area contributed by atoms with Crippen molar-refractivity contribution in [1.29, 1.82) is 0 Å². The Bertz CT molecular complexity index is 372. The van der Waals surface area contributed by atoms with Gasteiger partial charge in [-0.15, -0.1) is 0 Å². The molecule has 1 aromatic carbocycles. The van der Waals surface area contributed by atoms with E-state index in [9.17, 15) is 4.21 Å². The average Bonchev–Trinajstić information content (AvgIpc) is 2.82. The van der Waals surface area contributed by atoms with Crippen molar-refractivity contribution >= 4 is 10.8 Å². The van der Waals surface area contributed by atoms with E-state index in [1.807, 2.05) is 24.3 Å².